The molecule has 0 radical (unpaired) electrons. The zero-order valence-corrected chi connectivity index (χ0v) is 16.2. The first kappa shape index (κ1) is 21.4. The Morgan fingerprint density at radius 2 is 1.88 bits per heavy atom. The minimum Gasteiger partial charge on any atom is -1.00 e. The first-order chi connectivity index (χ1) is 11.5. The van der Waals surface area contributed by atoms with E-state index in [1.54, 1.807) is 6.07 Å². The fourth-order valence-electron chi connectivity index (χ4n) is 2.62. The van der Waals surface area contributed by atoms with Gasteiger partial charge in [-0.25, -0.2) is 4.39 Å². The van der Waals surface area contributed by atoms with Gasteiger partial charge in [0.1, 0.15) is 6.61 Å². The Morgan fingerprint density at radius 3 is 2.52 bits per heavy atom. The lowest BCUT2D eigenvalue weighted by Crippen LogP contribution is -3.00. The zero-order chi connectivity index (χ0) is 17.5. The summed E-state index contributed by atoms with van der Waals surface area (Å²) >= 11 is 0. The molecule has 0 aliphatic rings. The largest absolute Gasteiger partial charge is 1.00 e. The van der Waals surface area contributed by atoms with Crippen LogP contribution in [0.1, 0.15) is 44.1 Å². The van der Waals surface area contributed by atoms with Crippen LogP contribution in [0.4, 0.5) is 4.39 Å². The van der Waals surface area contributed by atoms with E-state index in [1.165, 1.54) is 6.07 Å². The molecule has 5 heteroatoms. The summed E-state index contributed by atoms with van der Waals surface area (Å²) in [6, 6.07) is 11.4. The van der Waals surface area contributed by atoms with Gasteiger partial charge < -0.3 is 17.1 Å². The molecule has 138 valence electrons. The van der Waals surface area contributed by atoms with Crippen LogP contribution < -0.4 is 17.1 Å². The summed E-state index contributed by atoms with van der Waals surface area (Å²) in [7, 11) is 0. The molecule has 25 heavy (non-hydrogen) atoms. The quantitative estimate of drug-likeness (QED) is 0.712. The Balaban J connectivity index is 0.00000312. The molecule has 0 fully saturated rings. The molecule has 0 saturated carbocycles. The zero-order valence-electron chi connectivity index (χ0n) is 15.4. The first-order valence-electron chi connectivity index (χ1n) is 8.61. The van der Waals surface area contributed by atoms with Crippen molar-refractivity contribution in [2.75, 3.05) is 6.54 Å². The second kappa shape index (κ2) is 10.4. The summed E-state index contributed by atoms with van der Waals surface area (Å²) in [6.45, 7) is 10.5. The lowest BCUT2D eigenvalue weighted by Gasteiger charge is -2.26. The van der Waals surface area contributed by atoms with Gasteiger partial charge in [-0.2, -0.15) is 0 Å². The molecule has 1 aromatic carbocycles. The Hall–Kier alpha value is -1.65. The number of rotatable bonds is 8. The van der Waals surface area contributed by atoms with Crippen molar-refractivity contribution in [1.82, 2.24) is 9.88 Å². The van der Waals surface area contributed by atoms with Gasteiger partial charge in [-0.1, -0.05) is 26.0 Å². The highest BCUT2D eigenvalue weighted by Crippen LogP contribution is 2.19. The Morgan fingerprint density at radius 1 is 1.16 bits per heavy atom. The average molecular weight is 366 g/mol. The van der Waals surface area contributed by atoms with Gasteiger partial charge in [0.25, 0.3) is 0 Å². The van der Waals surface area contributed by atoms with Crippen LogP contribution in [-0.2, 0) is 13.2 Å². The van der Waals surface area contributed by atoms with E-state index < -0.39 is 0 Å². The normalized spacial score (nSPS) is 11.9. The standard InChI is InChI=1S/C20H27FN2O.ClH/c1-5-16(4)23(6-2)13-17-8-7-9-18(22-17)14-24-20-11-10-15(3)12-19(20)21;/h7-12,16H,5-6,13-14H2,1-4H3;1H/p-1. The molecule has 0 amide bonds. The first-order valence-corrected chi connectivity index (χ1v) is 8.61. The molecule has 1 atom stereocenters. The monoisotopic (exact) mass is 365 g/mol. The van der Waals surface area contributed by atoms with E-state index in [0.717, 1.165) is 36.5 Å². The van der Waals surface area contributed by atoms with Crippen LogP contribution in [0, 0.1) is 12.7 Å². The second-order valence-corrected chi connectivity index (χ2v) is 6.16. The van der Waals surface area contributed by atoms with Gasteiger partial charge in [-0.3, -0.25) is 9.88 Å². The van der Waals surface area contributed by atoms with Crippen LogP contribution in [-0.4, -0.2) is 22.5 Å². The summed E-state index contributed by atoms with van der Waals surface area (Å²) in [5.74, 6) is -0.0670. The fourth-order valence-corrected chi connectivity index (χ4v) is 2.62. The van der Waals surface area contributed by atoms with Gasteiger partial charge in [0.05, 0.1) is 11.4 Å². The van der Waals surface area contributed by atoms with Crippen molar-refractivity contribution in [3.63, 3.8) is 0 Å². The predicted molar refractivity (Wildman–Crippen MR) is 95.5 cm³/mol. The maximum atomic E-state index is 13.8. The number of ether oxygens (including phenoxy) is 1. The minimum absolute atomic E-state index is 0. The third-order valence-electron chi connectivity index (χ3n) is 4.31. The molecule has 1 aromatic heterocycles. The number of hydrogen-bond acceptors (Lipinski definition) is 3. The summed E-state index contributed by atoms with van der Waals surface area (Å²) in [6.07, 6.45) is 1.11. The van der Waals surface area contributed by atoms with Crippen LogP contribution >= 0.6 is 0 Å². The van der Waals surface area contributed by atoms with Crippen LogP contribution in [0.5, 0.6) is 5.75 Å². The van der Waals surface area contributed by atoms with E-state index in [4.69, 9.17) is 4.74 Å². The highest BCUT2D eigenvalue weighted by atomic mass is 35.5. The van der Waals surface area contributed by atoms with E-state index in [-0.39, 0.29) is 30.6 Å². The van der Waals surface area contributed by atoms with E-state index in [0.29, 0.717) is 6.04 Å². The van der Waals surface area contributed by atoms with Crippen molar-refractivity contribution in [3.05, 3.63) is 59.2 Å². The molecule has 1 heterocycles. The van der Waals surface area contributed by atoms with E-state index >= 15 is 0 Å². The second-order valence-electron chi connectivity index (χ2n) is 6.16. The van der Waals surface area contributed by atoms with Crippen LogP contribution in [0.25, 0.3) is 0 Å². The topological polar surface area (TPSA) is 25.4 Å². The maximum absolute atomic E-state index is 13.8. The molecule has 0 bridgehead atoms. The van der Waals surface area contributed by atoms with E-state index in [9.17, 15) is 4.39 Å². The molecule has 2 rings (SSSR count). The van der Waals surface area contributed by atoms with Crippen molar-refractivity contribution < 1.29 is 21.5 Å². The smallest absolute Gasteiger partial charge is 0.165 e. The third kappa shape index (κ3) is 6.29. The Bertz CT molecular complexity index is 666. The van der Waals surface area contributed by atoms with Gasteiger partial charge in [-0.05, 0) is 56.6 Å². The van der Waals surface area contributed by atoms with Gasteiger partial charge in [0.2, 0.25) is 0 Å². The summed E-state index contributed by atoms with van der Waals surface area (Å²) < 4.78 is 19.4. The average Bonchev–Trinajstić information content (AvgIpc) is 2.58. The van der Waals surface area contributed by atoms with Gasteiger partial charge in [-0.15, -0.1) is 0 Å². The van der Waals surface area contributed by atoms with Gasteiger partial charge in [0.15, 0.2) is 11.6 Å². The minimum atomic E-state index is -0.333. The Kier molecular flexibility index (Phi) is 8.87. The molecular formula is C20H27ClFN2O-. The number of aromatic nitrogens is 1. The number of benzene rings is 1. The molecule has 2 aromatic rings. The summed E-state index contributed by atoms with van der Waals surface area (Å²) in [5, 5.41) is 0. The highest BCUT2D eigenvalue weighted by Gasteiger charge is 2.12. The number of aryl methyl sites for hydroxylation is 1. The molecule has 0 saturated heterocycles. The molecule has 0 spiro atoms. The summed E-state index contributed by atoms with van der Waals surface area (Å²) in [4.78, 5) is 7.05. The van der Waals surface area contributed by atoms with Crippen molar-refractivity contribution in [1.29, 1.82) is 0 Å². The third-order valence-corrected chi connectivity index (χ3v) is 4.31. The summed E-state index contributed by atoms with van der Waals surface area (Å²) in [5.41, 5.74) is 2.71. The number of hydrogen-bond donors (Lipinski definition) is 0. The van der Waals surface area contributed by atoms with Crippen LogP contribution in [0.2, 0.25) is 0 Å². The maximum Gasteiger partial charge on any atom is 0.165 e. The predicted octanol–water partition coefficient (Wildman–Crippen LogP) is 1.73. The molecule has 3 nitrogen and oxygen atoms in total. The fraction of sp³-hybridized carbons (Fsp3) is 0.450. The number of halogens is 2. The molecular weight excluding hydrogens is 339 g/mol. The van der Waals surface area contributed by atoms with Crippen molar-refractivity contribution in [3.8, 4) is 5.75 Å². The molecule has 1 unspecified atom stereocenters. The molecule has 0 N–H and O–H groups in total. The van der Waals surface area contributed by atoms with Crippen LogP contribution in [0.15, 0.2) is 36.4 Å². The SMILES string of the molecule is CCC(C)N(CC)Cc1cccc(COc2ccc(C)cc2F)n1.[Cl-]. The van der Waals surface area contributed by atoms with Crippen molar-refractivity contribution in [2.45, 2.75) is 53.3 Å². The number of pyridine rings is 1. The van der Waals surface area contributed by atoms with Crippen molar-refractivity contribution in [2.24, 2.45) is 0 Å². The van der Waals surface area contributed by atoms with Gasteiger partial charge >= 0.3 is 0 Å². The van der Waals surface area contributed by atoms with Crippen LogP contribution in [0.3, 0.4) is 0 Å². The highest BCUT2D eigenvalue weighted by molar-refractivity contribution is 5.28. The lowest BCUT2D eigenvalue weighted by atomic mass is 10.2. The van der Waals surface area contributed by atoms with E-state index in [2.05, 4.69) is 30.7 Å². The van der Waals surface area contributed by atoms with Crippen molar-refractivity contribution >= 4 is 0 Å². The van der Waals surface area contributed by atoms with Gasteiger partial charge in [0, 0.05) is 12.6 Å². The Labute approximate surface area is 156 Å². The van der Waals surface area contributed by atoms with E-state index in [1.807, 2.05) is 31.2 Å². The molecule has 0 aliphatic carbocycles. The molecule has 0 aliphatic heterocycles. The number of nitrogens with zero attached hydrogens (tertiary/aromatic N) is 2. The lowest BCUT2D eigenvalue weighted by molar-refractivity contribution is -0.00000618.